The van der Waals surface area contributed by atoms with Crippen LogP contribution in [-0.4, -0.2) is 28.3 Å². The van der Waals surface area contributed by atoms with Crippen molar-refractivity contribution in [1.82, 2.24) is 15.3 Å². The molecular formula is C14H12N4O2S. The predicted molar refractivity (Wildman–Crippen MR) is 80.9 cm³/mol. The van der Waals surface area contributed by atoms with Crippen LogP contribution in [0.25, 0.3) is 21.6 Å². The number of carbonyl (C=O) groups is 2. The number of nitrogens with two attached hydrogens (primary N) is 1. The van der Waals surface area contributed by atoms with Crippen LogP contribution in [0.1, 0.15) is 10.5 Å². The first-order valence-corrected chi connectivity index (χ1v) is 7.11. The molecule has 0 radical (unpaired) electrons. The van der Waals surface area contributed by atoms with Crippen LogP contribution in [0.4, 0.5) is 0 Å². The van der Waals surface area contributed by atoms with Crippen molar-refractivity contribution in [1.29, 1.82) is 0 Å². The van der Waals surface area contributed by atoms with Crippen LogP contribution in [0, 0.1) is 0 Å². The Bertz CT molecular complexity index is 788. The summed E-state index contributed by atoms with van der Waals surface area (Å²) in [5, 5.41) is 5.86. The second kappa shape index (κ2) is 5.37. The van der Waals surface area contributed by atoms with Crippen molar-refractivity contribution in [2.75, 3.05) is 6.54 Å². The number of amides is 2. The van der Waals surface area contributed by atoms with Crippen LogP contribution in [-0.2, 0) is 4.79 Å². The lowest BCUT2D eigenvalue weighted by atomic mass is 10.2. The number of H-pyrrole nitrogens is 1. The van der Waals surface area contributed by atoms with E-state index in [0.717, 1.165) is 21.6 Å². The summed E-state index contributed by atoms with van der Waals surface area (Å²) in [5.41, 5.74) is 7.13. The zero-order valence-electron chi connectivity index (χ0n) is 10.9. The molecule has 0 unspecified atom stereocenters. The van der Waals surface area contributed by atoms with Crippen LogP contribution in [0.3, 0.4) is 0 Å². The molecule has 106 valence electrons. The Morgan fingerprint density at radius 1 is 1.33 bits per heavy atom. The largest absolute Gasteiger partial charge is 0.368 e. The molecule has 6 nitrogen and oxygen atoms in total. The number of hydrogen-bond acceptors (Lipinski definition) is 4. The highest BCUT2D eigenvalue weighted by molar-refractivity contribution is 7.13. The number of primary amides is 1. The molecule has 2 amide bonds. The van der Waals surface area contributed by atoms with Gasteiger partial charge in [0.2, 0.25) is 5.91 Å². The molecule has 0 bridgehead atoms. The number of aromatic nitrogens is 2. The van der Waals surface area contributed by atoms with Gasteiger partial charge in [-0.25, -0.2) is 4.98 Å². The van der Waals surface area contributed by atoms with Gasteiger partial charge in [-0.2, -0.15) is 0 Å². The van der Waals surface area contributed by atoms with Gasteiger partial charge in [-0.05, 0) is 12.1 Å². The van der Waals surface area contributed by atoms with Crippen LogP contribution in [0.15, 0.2) is 35.7 Å². The fourth-order valence-corrected chi connectivity index (χ4v) is 2.72. The van der Waals surface area contributed by atoms with Crippen molar-refractivity contribution in [3.05, 3.63) is 41.4 Å². The first kappa shape index (κ1) is 13.3. The molecule has 0 saturated carbocycles. The van der Waals surface area contributed by atoms with E-state index in [0.29, 0.717) is 0 Å². The maximum Gasteiger partial charge on any atom is 0.271 e. The highest BCUT2D eigenvalue weighted by Crippen LogP contribution is 2.26. The van der Waals surface area contributed by atoms with Gasteiger partial charge in [-0.3, -0.25) is 9.59 Å². The average molecular weight is 300 g/mol. The van der Waals surface area contributed by atoms with Crippen molar-refractivity contribution in [3.63, 3.8) is 0 Å². The van der Waals surface area contributed by atoms with E-state index in [1.54, 1.807) is 5.38 Å². The molecular weight excluding hydrogens is 288 g/mol. The molecule has 0 fully saturated rings. The predicted octanol–water partition coefficient (Wildman–Crippen LogP) is 1.51. The Morgan fingerprint density at radius 3 is 2.90 bits per heavy atom. The SMILES string of the molecule is NC(=O)CNC(=O)c1csc(-c2cc3ccccc3[nH]2)n1. The summed E-state index contributed by atoms with van der Waals surface area (Å²) in [6.45, 7) is -0.196. The van der Waals surface area contributed by atoms with Gasteiger partial charge >= 0.3 is 0 Å². The van der Waals surface area contributed by atoms with Gasteiger partial charge in [0.05, 0.1) is 12.2 Å². The zero-order valence-corrected chi connectivity index (χ0v) is 11.7. The summed E-state index contributed by atoms with van der Waals surface area (Å²) in [4.78, 5) is 30.0. The molecule has 2 aromatic heterocycles. The number of nitrogens with one attached hydrogen (secondary N) is 2. The second-order valence-corrected chi connectivity index (χ2v) is 5.32. The van der Waals surface area contributed by atoms with Gasteiger partial charge in [-0.1, -0.05) is 18.2 Å². The fraction of sp³-hybridized carbons (Fsp3) is 0.0714. The molecule has 0 saturated heterocycles. The fourth-order valence-electron chi connectivity index (χ4n) is 1.95. The first-order chi connectivity index (χ1) is 10.1. The van der Waals surface area contributed by atoms with E-state index >= 15 is 0 Å². The van der Waals surface area contributed by atoms with Gasteiger partial charge in [0.15, 0.2) is 0 Å². The van der Waals surface area contributed by atoms with Gasteiger partial charge in [0.1, 0.15) is 10.7 Å². The van der Waals surface area contributed by atoms with Crippen molar-refractivity contribution >= 4 is 34.1 Å². The highest BCUT2D eigenvalue weighted by Gasteiger charge is 2.13. The van der Waals surface area contributed by atoms with E-state index in [4.69, 9.17) is 5.73 Å². The molecule has 0 atom stereocenters. The Balaban J connectivity index is 1.84. The summed E-state index contributed by atoms with van der Waals surface area (Å²) >= 11 is 1.36. The van der Waals surface area contributed by atoms with Crippen LogP contribution >= 0.6 is 11.3 Å². The summed E-state index contributed by atoms with van der Waals surface area (Å²) in [5.74, 6) is -0.998. The minimum absolute atomic E-state index is 0.196. The first-order valence-electron chi connectivity index (χ1n) is 6.23. The van der Waals surface area contributed by atoms with Crippen molar-refractivity contribution in [3.8, 4) is 10.7 Å². The van der Waals surface area contributed by atoms with Gasteiger partial charge < -0.3 is 16.0 Å². The van der Waals surface area contributed by atoms with E-state index in [1.807, 2.05) is 30.3 Å². The maximum absolute atomic E-state index is 11.8. The van der Waals surface area contributed by atoms with E-state index < -0.39 is 11.8 Å². The van der Waals surface area contributed by atoms with Crippen LogP contribution < -0.4 is 11.1 Å². The zero-order chi connectivity index (χ0) is 14.8. The number of carbonyl (C=O) groups excluding carboxylic acids is 2. The number of fused-ring (bicyclic) bond motifs is 1. The maximum atomic E-state index is 11.8. The molecule has 4 N–H and O–H groups in total. The lowest BCUT2D eigenvalue weighted by molar-refractivity contribution is -0.117. The minimum atomic E-state index is -0.588. The number of aromatic amines is 1. The van der Waals surface area contributed by atoms with Gasteiger partial charge in [0, 0.05) is 16.3 Å². The molecule has 21 heavy (non-hydrogen) atoms. The van der Waals surface area contributed by atoms with E-state index in [-0.39, 0.29) is 12.2 Å². The smallest absolute Gasteiger partial charge is 0.271 e. The van der Waals surface area contributed by atoms with E-state index in [1.165, 1.54) is 11.3 Å². The third-order valence-corrected chi connectivity index (χ3v) is 3.80. The molecule has 1 aromatic carbocycles. The molecule has 3 aromatic rings. The molecule has 3 rings (SSSR count). The number of para-hydroxylation sites is 1. The van der Waals surface area contributed by atoms with Gasteiger partial charge in [0.25, 0.3) is 5.91 Å². The number of benzene rings is 1. The number of thiazole rings is 1. The van der Waals surface area contributed by atoms with E-state index in [2.05, 4.69) is 15.3 Å². The molecule has 0 aliphatic heterocycles. The quantitative estimate of drug-likeness (QED) is 0.680. The van der Waals surface area contributed by atoms with Crippen LogP contribution in [0.2, 0.25) is 0 Å². The Hall–Kier alpha value is -2.67. The standard InChI is InChI=1S/C14H12N4O2S/c15-12(19)6-16-13(20)11-7-21-14(18-11)10-5-8-3-1-2-4-9(8)17-10/h1-5,7,17H,6H2,(H2,15,19)(H,16,20). The lowest BCUT2D eigenvalue weighted by Crippen LogP contribution is -2.33. The number of hydrogen-bond donors (Lipinski definition) is 3. The van der Waals surface area contributed by atoms with Crippen molar-refractivity contribution in [2.24, 2.45) is 5.73 Å². The molecule has 0 aliphatic rings. The summed E-state index contributed by atoms with van der Waals surface area (Å²) in [6, 6.07) is 9.88. The third kappa shape index (κ3) is 2.77. The highest BCUT2D eigenvalue weighted by atomic mass is 32.1. The second-order valence-electron chi connectivity index (χ2n) is 4.46. The summed E-state index contributed by atoms with van der Waals surface area (Å²) < 4.78 is 0. The monoisotopic (exact) mass is 300 g/mol. The Labute approximate surface area is 124 Å². The van der Waals surface area contributed by atoms with Crippen molar-refractivity contribution < 1.29 is 9.59 Å². The topological polar surface area (TPSA) is 101 Å². The van der Waals surface area contributed by atoms with Crippen LogP contribution in [0.5, 0.6) is 0 Å². The molecule has 0 aliphatic carbocycles. The number of nitrogens with zero attached hydrogens (tertiary/aromatic N) is 1. The summed E-state index contributed by atoms with van der Waals surface area (Å²) in [6.07, 6.45) is 0. The lowest BCUT2D eigenvalue weighted by Gasteiger charge is -1.98. The number of rotatable bonds is 4. The van der Waals surface area contributed by atoms with Gasteiger partial charge in [-0.15, -0.1) is 11.3 Å². The Morgan fingerprint density at radius 2 is 2.14 bits per heavy atom. The average Bonchev–Trinajstić information content (AvgIpc) is 3.10. The third-order valence-electron chi connectivity index (χ3n) is 2.92. The molecule has 0 spiro atoms. The molecule has 7 heteroatoms. The van der Waals surface area contributed by atoms with Crippen molar-refractivity contribution in [2.45, 2.75) is 0 Å². The van der Waals surface area contributed by atoms with E-state index in [9.17, 15) is 9.59 Å². The normalized spacial score (nSPS) is 10.7. The summed E-state index contributed by atoms with van der Waals surface area (Å²) in [7, 11) is 0. The minimum Gasteiger partial charge on any atom is -0.368 e. The Kier molecular flexibility index (Phi) is 3.41. The molecule has 2 heterocycles.